The number of hydrogen-bond donors (Lipinski definition) is 1. The minimum atomic E-state index is -0.560. The second-order valence-electron chi connectivity index (χ2n) is 9.55. The lowest BCUT2D eigenvalue weighted by molar-refractivity contribution is -0.118. The van der Waals surface area contributed by atoms with Gasteiger partial charge in [-0.1, -0.05) is 19.4 Å². The average Bonchev–Trinajstić information content (AvgIpc) is 3.14. The topological polar surface area (TPSA) is 49.8 Å². The summed E-state index contributed by atoms with van der Waals surface area (Å²) in [5.74, 6) is 1.41. The zero-order valence-electron chi connectivity index (χ0n) is 14.5. The van der Waals surface area contributed by atoms with Gasteiger partial charge in [0.05, 0.1) is 11.7 Å². The summed E-state index contributed by atoms with van der Waals surface area (Å²) in [6.45, 7) is 6.69. The molecule has 0 aromatic heterocycles. The number of aliphatic hydroxyl groups is 1. The molecule has 1 heterocycles. The van der Waals surface area contributed by atoms with E-state index in [9.17, 15) is 9.90 Å². The zero-order valence-corrected chi connectivity index (χ0v) is 14.5. The van der Waals surface area contributed by atoms with E-state index in [1.54, 1.807) is 0 Å². The third kappa shape index (κ3) is 1.44. The lowest BCUT2D eigenvalue weighted by Gasteiger charge is -2.56. The molecule has 0 radical (unpaired) electrons. The first-order chi connectivity index (χ1) is 10.7. The van der Waals surface area contributed by atoms with E-state index in [0.717, 1.165) is 38.5 Å². The number of rotatable bonds is 0. The highest BCUT2D eigenvalue weighted by molar-refractivity contribution is 5.91. The fraction of sp³-hybridized carbons (Fsp3) is 0.850. The number of hydrogen-bond acceptors (Lipinski definition) is 3. The number of carbonyl (C=O) groups is 1. The Morgan fingerprint density at radius 3 is 2.70 bits per heavy atom. The van der Waals surface area contributed by atoms with Gasteiger partial charge in [0, 0.05) is 17.3 Å². The van der Waals surface area contributed by atoms with Crippen molar-refractivity contribution in [2.45, 2.75) is 83.0 Å². The molecule has 23 heavy (non-hydrogen) atoms. The maximum absolute atomic E-state index is 11.9. The maximum Gasteiger partial charge on any atom is 0.155 e. The Bertz CT molecular complexity index is 635. The maximum atomic E-state index is 11.9. The molecule has 126 valence electrons. The van der Waals surface area contributed by atoms with E-state index in [1.165, 1.54) is 5.57 Å². The van der Waals surface area contributed by atoms with Crippen LogP contribution in [0.1, 0.15) is 65.7 Å². The largest absolute Gasteiger partial charge is 0.390 e. The standard InChI is InChI=1S/C20H28O3/c1-17-8-6-13(21)10-12(17)4-5-15-14-7-9-19(3,22)18(14,2)11-16-20(15,17)23-16/h10,14-16,22H,4-9,11H2,1-3H3/t14-,15-,16-,17-,18-,19+,20-/m0/s1. The molecular weight excluding hydrogens is 288 g/mol. The molecule has 5 rings (SSSR count). The van der Waals surface area contributed by atoms with Crippen molar-refractivity contribution < 1.29 is 14.6 Å². The molecule has 0 bridgehead atoms. The predicted molar refractivity (Wildman–Crippen MR) is 86.8 cm³/mol. The van der Waals surface area contributed by atoms with Gasteiger partial charge in [-0.15, -0.1) is 0 Å². The van der Waals surface area contributed by atoms with Crippen molar-refractivity contribution in [3.05, 3.63) is 11.6 Å². The summed E-state index contributed by atoms with van der Waals surface area (Å²) < 4.78 is 6.51. The van der Waals surface area contributed by atoms with Crippen molar-refractivity contribution in [1.82, 2.24) is 0 Å². The van der Waals surface area contributed by atoms with E-state index in [1.807, 2.05) is 13.0 Å². The SMILES string of the molecule is C[C@]12CCC(=O)C=C1CC[C@H]1[C@@H]3CC[C@@](C)(O)[C@@]3(C)C[C@@H]3O[C@]312. The quantitative estimate of drug-likeness (QED) is 0.697. The molecule has 0 unspecified atom stereocenters. The minimum Gasteiger partial charge on any atom is -0.390 e. The number of carbonyl (C=O) groups excluding carboxylic acids is 1. The third-order valence-corrected chi connectivity index (χ3v) is 8.90. The zero-order chi connectivity index (χ0) is 16.3. The number of epoxide rings is 1. The van der Waals surface area contributed by atoms with E-state index in [0.29, 0.717) is 24.0 Å². The van der Waals surface area contributed by atoms with E-state index in [2.05, 4.69) is 13.8 Å². The van der Waals surface area contributed by atoms with Gasteiger partial charge < -0.3 is 9.84 Å². The van der Waals surface area contributed by atoms with Gasteiger partial charge in [-0.3, -0.25) is 4.79 Å². The van der Waals surface area contributed by atoms with Gasteiger partial charge in [0.2, 0.25) is 0 Å². The molecule has 1 spiro atoms. The number of ketones is 1. The van der Waals surface area contributed by atoms with Gasteiger partial charge in [-0.25, -0.2) is 0 Å². The molecule has 7 atom stereocenters. The van der Waals surface area contributed by atoms with Crippen LogP contribution in [0.15, 0.2) is 11.6 Å². The van der Waals surface area contributed by atoms with Crippen molar-refractivity contribution in [2.75, 3.05) is 0 Å². The van der Waals surface area contributed by atoms with Crippen molar-refractivity contribution >= 4 is 5.78 Å². The van der Waals surface area contributed by atoms with E-state index in [4.69, 9.17) is 4.74 Å². The van der Waals surface area contributed by atoms with Crippen LogP contribution in [0.4, 0.5) is 0 Å². The highest BCUT2D eigenvalue weighted by atomic mass is 16.6. The van der Waals surface area contributed by atoms with Crippen LogP contribution in [0, 0.1) is 22.7 Å². The summed E-state index contributed by atoms with van der Waals surface area (Å²) in [6, 6.07) is 0. The summed E-state index contributed by atoms with van der Waals surface area (Å²) in [7, 11) is 0. The van der Waals surface area contributed by atoms with E-state index < -0.39 is 5.60 Å². The van der Waals surface area contributed by atoms with Gasteiger partial charge >= 0.3 is 0 Å². The molecule has 3 heteroatoms. The summed E-state index contributed by atoms with van der Waals surface area (Å²) in [6.07, 6.45) is 9.03. The molecule has 1 saturated heterocycles. The number of ether oxygens (including phenoxy) is 1. The first-order valence-electron chi connectivity index (χ1n) is 9.39. The molecule has 0 amide bonds. The fourth-order valence-corrected chi connectivity index (χ4v) is 7.24. The van der Waals surface area contributed by atoms with Crippen LogP contribution in [0.2, 0.25) is 0 Å². The Labute approximate surface area is 138 Å². The molecular formula is C20H28O3. The van der Waals surface area contributed by atoms with Crippen molar-refractivity contribution in [2.24, 2.45) is 22.7 Å². The van der Waals surface area contributed by atoms with Crippen LogP contribution < -0.4 is 0 Å². The molecule has 3 nitrogen and oxygen atoms in total. The molecule has 4 aliphatic carbocycles. The lowest BCUT2D eigenvalue weighted by atomic mass is 9.46. The van der Waals surface area contributed by atoms with E-state index >= 15 is 0 Å². The monoisotopic (exact) mass is 316 g/mol. The molecule has 3 saturated carbocycles. The second kappa shape index (κ2) is 3.94. The highest BCUT2D eigenvalue weighted by Crippen LogP contribution is 2.76. The number of fused-ring (bicyclic) bond motifs is 3. The van der Waals surface area contributed by atoms with Crippen LogP contribution in [-0.4, -0.2) is 28.2 Å². The second-order valence-corrected chi connectivity index (χ2v) is 9.55. The van der Waals surface area contributed by atoms with Crippen LogP contribution in [0.3, 0.4) is 0 Å². The van der Waals surface area contributed by atoms with Crippen molar-refractivity contribution in [1.29, 1.82) is 0 Å². The Kier molecular flexibility index (Phi) is 2.51. The molecule has 1 aliphatic heterocycles. The van der Waals surface area contributed by atoms with Gasteiger partial charge in [-0.05, 0) is 63.4 Å². The Morgan fingerprint density at radius 2 is 1.91 bits per heavy atom. The van der Waals surface area contributed by atoms with Crippen LogP contribution in [0.25, 0.3) is 0 Å². The van der Waals surface area contributed by atoms with Crippen molar-refractivity contribution in [3.8, 4) is 0 Å². The Morgan fingerprint density at radius 1 is 1.13 bits per heavy atom. The average molecular weight is 316 g/mol. The summed E-state index contributed by atoms with van der Waals surface area (Å²) in [4.78, 5) is 11.9. The first-order valence-corrected chi connectivity index (χ1v) is 9.39. The van der Waals surface area contributed by atoms with Gasteiger partial charge in [-0.2, -0.15) is 0 Å². The van der Waals surface area contributed by atoms with Crippen LogP contribution in [0.5, 0.6) is 0 Å². The summed E-state index contributed by atoms with van der Waals surface area (Å²) in [5, 5.41) is 11.0. The Hall–Kier alpha value is -0.670. The normalized spacial score (nSPS) is 60.3. The smallest absolute Gasteiger partial charge is 0.155 e. The van der Waals surface area contributed by atoms with Crippen LogP contribution >= 0.6 is 0 Å². The summed E-state index contributed by atoms with van der Waals surface area (Å²) >= 11 is 0. The fourth-order valence-electron chi connectivity index (χ4n) is 7.24. The van der Waals surface area contributed by atoms with Crippen LogP contribution in [-0.2, 0) is 9.53 Å². The van der Waals surface area contributed by atoms with Crippen molar-refractivity contribution in [3.63, 3.8) is 0 Å². The first kappa shape index (κ1) is 14.7. The lowest BCUT2D eigenvalue weighted by Crippen LogP contribution is -2.59. The predicted octanol–water partition coefficient (Wildman–Crippen LogP) is 3.40. The molecule has 4 fully saturated rings. The highest BCUT2D eigenvalue weighted by Gasteiger charge is 2.80. The molecule has 0 aromatic rings. The van der Waals surface area contributed by atoms with Gasteiger partial charge in [0.25, 0.3) is 0 Å². The van der Waals surface area contributed by atoms with E-state index in [-0.39, 0.29) is 22.5 Å². The molecule has 1 N–H and O–H groups in total. The summed E-state index contributed by atoms with van der Waals surface area (Å²) in [5.41, 5.74) is 0.785. The minimum absolute atomic E-state index is 0.00953. The third-order valence-electron chi connectivity index (χ3n) is 8.90. The Balaban J connectivity index is 1.60. The molecule has 0 aromatic carbocycles. The van der Waals surface area contributed by atoms with Gasteiger partial charge in [0.1, 0.15) is 5.60 Å². The van der Waals surface area contributed by atoms with Gasteiger partial charge in [0.15, 0.2) is 5.78 Å². The molecule has 5 aliphatic rings.